The molecule has 31 heavy (non-hydrogen) atoms. The Hall–Kier alpha value is -3.17. The van der Waals surface area contributed by atoms with Gasteiger partial charge in [0, 0.05) is 37.8 Å². The SMILES string of the molecule is Cc1onc(-c2ccccc2Cl)c1C(=O)NCCNc1cc(N2CCOCC2)ncn1. The zero-order valence-corrected chi connectivity index (χ0v) is 17.9. The van der Waals surface area contributed by atoms with Gasteiger partial charge < -0.3 is 24.8 Å². The topological polar surface area (TPSA) is 105 Å². The Labute approximate surface area is 184 Å². The van der Waals surface area contributed by atoms with Crippen LogP contribution in [0.3, 0.4) is 0 Å². The third kappa shape index (κ3) is 4.95. The molecule has 0 atom stereocenters. The standard InChI is InChI=1S/C21H23ClN6O3/c1-14-19(20(27-31-14)15-4-2-3-5-16(15)22)21(29)24-7-6-23-17-12-18(26-13-25-17)28-8-10-30-11-9-28/h2-5,12-13H,6-11H2,1H3,(H,24,29)(H,23,25,26). The summed E-state index contributed by atoms with van der Waals surface area (Å²) in [6, 6.07) is 9.11. The van der Waals surface area contributed by atoms with Gasteiger partial charge in [-0.1, -0.05) is 35.0 Å². The minimum Gasteiger partial charge on any atom is -0.378 e. The van der Waals surface area contributed by atoms with Crippen molar-refractivity contribution in [1.82, 2.24) is 20.4 Å². The van der Waals surface area contributed by atoms with Crippen molar-refractivity contribution in [3.63, 3.8) is 0 Å². The summed E-state index contributed by atoms with van der Waals surface area (Å²) in [5, 5.41) is 10.6. The van der Waals surface area contributed by atoms with E-state index >= 15 is 0 Å². The van der Waals surface area contributed by atoms with Gasteiger partial charge in [-0.3, -0.25) is 4.79 Å². The Bertz CT molecular complexity index is 1050. The van der Waals surface area contributed by atoms with Crippen molar-refractivity contribution in [2.75, 3.05) is 49.6 Å². The van der Waals surface area contributed by atoms with Gasteiger partial charge in [0.05, 0.1) is 18.2 Å². The first kappa shape index (κ1) is 21.1. The van der Waals surface area contributed by atoms with Crippen LogP contribution in [0, 0.1) is 6.92 Å². The number of morpholine rings is 1. The molecule has 0 unspecified atom stereocenters. The van der Waals surface area contributed by atoms with Crippen molar-refractivity contribution in [3.8, 4) is 11.3 Å². The van der Waals surface area contributed by atoms with Gasteiger partial charge >= 0.3 is 0 Å². The van der Waals surface area contributed by atoms with Crippen LogP contribution in [0.15, 0.2) is 41.2 Å². The normalized spacial score (nSPS) is 13.8. The number of amides is 1. The van der Waals surface area contributed by atoms with Crippen molar-refractivity contribution in [1.29, 1.82) is 0 Å². The van der Waals surface area contributed by atoms with E-state index in [9.17, 15) is 4.79 Å². The lowest BCUT2D eigenvalue weighted by Crippen LogP contribution is -2.36. The van der Waals surface area contributed by atoms with Gasteiger partial charge in [-0.25, -0.2) is 9.97 Å². The first-order chi connectivity index (χ1) is 15.1. The maximum Gasteiger partial charge on any atom is 0.257 e. The molecule has 0 aliphatic carbocycles. The average Bonchev–Trinajstić information content (AvgIpc) is 3.19. The molecule has 0 bridgehead atoms. The van der Waals surface area contributed by atoms with E-state index in [0.29, 0.717) is 59.7 Å². The highest BCUT2D eigenvalue weighted by molar-refractivity contribution is 6.33. The summed E-state index contributed by atoms with van der Waals surface area (Å²) in [7, 11) is 0. The molecule has 2 N–H and O–H groups in total. The molecule has 1 aliphatic heterocycles. The number of halogens is 1. The number of nitrogens with zero attached hydrogens (tertiary/aromatic N) is 4. The number of nitrogens with one attached hydrogen (secondary N) is 2. The second-order valence-corrected chi connectivity index (χ2v) is 7.39. The van der Waals surface area contributed by atoms with Crippen LogP contribution >= 0.6 is 11.6 Å². The fourth-order valence-electron chi connectivity index (χ4n) is 3.34. The number of hydrogen-bond acceptors (Lipinski definition) is 8. The van der Waals surface area contributed by atoms with E-state index in [4.69, 9.17) is 20.9 Å². The Balaban J connectivity index is 1.35. The van der Waals surface area contributed by atoms with Crippen LogP contribution in [-0.4, -0.2) is 60.4 Å². The molecule has 1 saturated heterocycles. The molecule has 9 nitrogen and oxygen atoms in total. The van der Waals surface area contributed by atoms with E-state index in [1.165, 1.54) is 6.33 Å². The fraction of sp³-hybridized carbons (Fsp3) is 0.333. The van der Waals surface area contributed by atoms with Crippen LogP contribution in [0.25, 0.3) is 11.3 Å². The monoisotopic (exact) mass is 442 g/mol. The first-order valence-electron chi connectivity index (χ1n) is 10.0. The molecule has 3 aromatic rings. The van der Waals surface area contributed by atoms with Crippen LogP contribution < -0.4 is 15.5 Å². The molecule has 3 heterocycles. The average molecular weight is 443 g/mol. The molecule has 2 aromatic heterocycles. The van der Waals surface area contributed by atoms with Crippen LogP contribution in [0.1, 0.15) is 16.1 Å². The third-order valence-corrected chi connectivity index (χ3v) is 5.25. The molecule has 10 heteroatoms. The summed E-state index contributed by atoms with van der Waals surface area (Å²) < 4.78 is 10.6. The second-order valence-electron chi connectivity index (χ2n) is 6.99. The molecule has 1 amide bonds. The number of benzene rings is 1. The molecule has 0 radical (unpaired) electrons. The van der Waals surface area contributed by atoms with Crippen molar-refractivity contribution < 1.29 is 14.1 Å². The Morgan fingerprint density at radius 3 is 2.81 bits per heavy atom. The molecule has 4 rings (SSSR count). The Morgan fingerprint density at radius 2 is 2.00 bits per heavy atom. The largest absolute Gasteiger partial charge is 0.378 e. The number of carbonyl (C=O) groups is 1. The van der Waals surface area contributed by atoms with Crippen LogP contribution in [0.4, 0.5) is 11.6 Å². The van der Waals surface area contributed by atoms with E-state index in [1.54, 1.807) is 19.1 Å². The summed E-state index contributed by atoms with van der Waals surface area (Å²) >= 11 is 6.26. The summed E-state index contributed by atoms with van der Waals surface area (Å²) in [6.45, 7) is 5.58. The van der Waals surface area contributed by atoms with Gasteiger partial charge in [-0.15, -0.1) is 0 Å². The highest BCUT2D eigenvalue weighted by Crippen LogP contribution is 2.30. The quantitative estimate of drug-likeness (QED) is 0.538. The van der Waals surface area contributed by atoms with Gasteiger partial charge in [-0.05, 0) is 13.0 Å². The maximum absolute atomic E-state index is 12.8. The number of hydrogen-bond donors (Lipinski definition) is 2. The Morgan fingerprint density at radius 1 is 1.19 bits per heavy atom. The molecular formula is C21H23ClN6O3. The summed E-state index contributed by atoms with van der Waals surface area (Å²) in [5.74, 6) is 1.72. The van der Waals surface area contributed by atoms with Gasteiger partial charge in [0.15, 0.2) is 0 Å². The first-order valence-corrected chi connectivity index (χ1v) is 10.4. The Kier molecular flexibility index (Phi) is 6.63. The van der Waals surface area contributed by atoms with Crippen LogP contribution in [0.5, 0.6) is 0 Å². The summed E-state index contributed by atoms with van der Waals surface area (Å²) in [4.78, 5) is 23.5. The molecule has 1 aromatic carbocycles. The number of rotatable bonds is 7. The molecule has 0 spiro atoms. The second kappa shape index (κ2) is 9.76. The van der Waals surface area contributed by atoms with Gasteiger partial charge in [0.25, 0.3) is 5.91 Å². The van der Waals surface area contributed by atoms with Crippen molar-refractivity contribution >= 4 is 29.1 Å². The van der Waals surface area contributed by atoms with Crippen molar-refractivity contribution in [3.05, 3.63) is 53.0 Å². The lowest BCUT2D eigenvalue weighted by molar-refractivity contribution is 0.0954. The fourth-order valence-corrected chi connectivity index (χ4v) is 3.57. The predicted octanol–water partition coefficient (Wildman–Crippen LogP) is 2.77. The number of anilines is 2. The van der Waals surface area contributed by atoms with Crippen molar-refractivity contribution in [2.24, 2.45) is 0 Å². The van der Waals surface area contributed by atoms with E-state index < -0.39 is 0 Å². The zero-order valence-electron chi connectivity index (χ0n) is 17.1. The van der Waals surface area contributed by atoms with Crippen LogP contribution in [0.2, 0.25) is 5.02 Å². The van der Waals surface area contributed by atoms with E-state index in [2.05, 4.69) is 30.7 Å². The highest BCUT2D eigenvalue weighted by Gasteiger charge is 2.22. The van der Waals surface area contributed by atoms with Gasteiger partial charge in [0.2, 0.25) is 0 Å². The van der Waals surface area contributed by atoms with E-state index in [-0.39, 0.29) is 5.91 Å². The lowest BCUT2D eigenvalue weighted by atomic mass is 10.1. The number of carbonyl (C=O) groups excluding carboxylic acids is 1. The molecular weight excluding hydrogens is 420 g/mol. The zero-order chi connectivity index (χ0) is 21.6. The van der Waals surface area contributed by atoms with E-state index in [0.717, 1.165) is 18.9 Å². The van der Waals surface area contributed by atoms with Gasteiger partial charge in [0.1, 0.15) is 35.0 Å². The summed E-state index contributed by atoms with van der Waals surface area (Å²) in [5.41, 5.74) is 1.46. The van der Waals surface area contributed by atoms with Crippen LogP contribution in [-0.2, 0) is 4.74 Å². The number of ether oxygens (including phenoxy) is 1. The minimum absolute atomic E-state index is 0.271. The minimum atomic E-state index is -0.271. The smallest absolute Gasteiger partial charge is 0.257 e. The molecule has 0 saturated carbocycles. The number of aromatic nitrogens is 3. The molecule has 162 valence electrons. The molecule has 1 aliphatic rings. The number of aryl methyl sites for hydroxylation is 1. The highest BCUT2D eigenvalue weighted by atomic mass is 35.5. The lowest BCUT2D eigenvalue weighted by Gasteiger charge is -2.27. The maximum atomic E-state index is 12.8. The third-order valence-electron chi connectivity index (χ3n) is 4.92. The predicted molar refractivity (Wildman–Crippen MR) is 118 cm³/mol. The van der Waals surface area contributed by atoms with E-state index in [1.807, 2.05) is 18.2 Å². The van der Waals surface area contributed by atoms with Crippen molar-refractivity contribution in [2.45, 2.75) is 6.92 Å². The molecule has 1 fully saturated rings. The summed E-state index contributed by atoms with van der Waals surface area (Å²) in [6.07, 6.45) is 1.53. The van der Waals surface area contributed by atoms with Gasteiger partial charge in [-0.2, -0.15) is 0 Å².